The van der Waals surface area contributed by atoms with Crippen molar-refractivity contribution in [3.63, 3.8) is 0 Å². The first-order valence-corrected chi connectivity index (χ1v) is 8.94. The van der Waals surface area contributed by atoms with Crippen LogP contribution in [0.25, 0.3) is 0 Å². The average molecular weight is 350 g/mol. The van der Waals surface area contributed by atoms with Gasteiger partial charge in [-0.05, 0) is 63.8 Å². The van der Waals surface area contributed by atoms with Crippen LogP contribution in [0.2, 0.25) is 0 Å². The highest BCUT2D eigenvalue weighted by atomic mass is 16.3. The number of rotatable bonds is 3. The third-order valence-electron chi connectivity index (χ3n) is 4.97. The topological polar surface area (TPSA) is 48.3 Å². The number of hydrogen-bond donors (Lipinski definition) is 0. The molecule has 0 bridgehead atoms. The summed E-state index contributed by atoms with van der Waals surface area (Å²) in [7, 11) is 0. The molecular formula is C21H26N4O. The van der Waals surface area contributed by atoms with Gasteiger partial charge in [-0.3, -0.25) is 0 Å². The Balaban J connectivity index is 2.11. The van der Waals surface area contributed by atoms with Crippen molar-refractivity contribution in [3.05, 3.63) is 62.6 Å². The van der Waals surface area contributed by atoms with Gasteiger partial charge in [0.05, 0.1) is 5.29 Å². The molecule has 0 amide bonds. The lowest BCUT2D eigenvalue weighted by atomic mass is 10.0. The maximum absolute atomic E-state index is 11.1. The highest BCUT2D eigenvalue weighted by Gasteiger charge is 2.32. The van der Waals surface area contributed by atoms with Crippen LogP contribution >= 0.6 is 0 Å². The van der Waals surface area contributed by atoms with Gasteiger partial charge in [-0.1, -0.05) is 40.5 Å². The van der Waals surface area contributed by atoms with Crippen LogP contribution in [-0.2, 0) is 0 Å². The van der Waals surface area contributed by atoms with E-state index in [0.717, 1.165) is 24.5 Å². The van der Waals surface area contributed by atoms with Gasteiger partial charge in [0.15, 0.2) is 0 Å². The summed E-state index contributed by atoms with van der Waals surface area (Å²) in [6, 6.07) is 8.66. The van der Waals surface area contributed by atoms with Gasteiger partial charge in [0.25, 0.3) is 0 Å². The molecule has 0 radical (unpaired) electrons. The highest BCUT2D eigenvalue weighted by Crippen LogP contribution is 2.34. The zero-order valence-electron chi connectivity index (χ0n) is 16.4. The van der Waals surface area contributed by atoms with Gasteiger partial charge in [-0.15, -0.1) is 4.91 Å². The first-order chi connectivity index (χ1) is 12.3. The van der Waals surface area contributed by atoms with Crippen molar-refractivity contribution in [2.45, 2.75) is 41.5 Å². The second-order valence-electron chi connectivity index (χ2n) is 7.28. The average Bonchev–Trinajstić information content (AvgIpc) is 2.89. The van der Waals surface area contributed by atoms with E-state index >= 15 is 0 Å². The van der Waals surface area contributed by atoms with Crippen LogP contribution in [0, 0.1) is 46.4 Å². The fraction of sp³-hybridized carbons (Fsp3) is 0.381. The number of guanidine groups is 1. The normalized spacial score (nSPS) is 14.2. The summed E-state index contributed by atoms with van der Waals surface area (Å²) in [6.45, 7) is 14.1. The third kappa shape index (κ3) is 3.09. The Morgan fingerprint density at radius 2 is 1.04 bits per heavy atom. The van der Waals surface area contributed by atoms with Gasteiger partial charge in [-0.2, -0.15) is 0 Å². The van der Waals surface area contributed by atoms with Crippen LogP contribution in [0.4, 0.5) is 11.4 Å². The van der Waals surface area contributed by atoms with Gasteiger partial charge in [0.2, 0.25) is 5.96 Å². The van der Waals surface area contributed by atoms with Gasteiger partial charge in [-0.25, -0.2) is 0 Å². The van der Waals surface area contributed by atoms with Crippen molar-refractivity contribution in [2.24, 2.45) is 10.4 Å². The lowest BCUT2D eigenvalue weighted by molar-refractivity contribution is 1.01. The third-order valence-corrected chi connectivity index (χ3v) is 4.97. The molecule has 2 aromatic carbocycles. The molecule has 0 saturated carbocycles. The number of nitroso groups, excluding NO2 is 1. The maximum atomic E-state index is 11.1. The molecular weight excluding hydrogens is 324 g/mol. The molecule has 0 aliphatic carbocycles. The van der Waals surface area contributed by atoms with Crippen molar-refractivity contribution in [2.75, 3.05) is 22.9 Å². The van der Waals surface area contributed by atoms with E-state index in [2.05, 4.69) is 86.0 Å². The van der Waals surface area contributed by atoms with E-state index in [0.29, 0.717) is 5.96 Å². The van der Waals surface area contributed by atoms with Crippen molar-refractivity contribution in [1.82, 2.24) is 0 Å². The molecule has 5 nitrogen and oxygen atoms in total. The largest absolute Gasteiger partial charge is 0.308 e. The van der Waals surface area contributed by atoms with E-state index < -0.39 is 0 Å². The molecule has 5 heteroatoms. The summed E-state index contributed by atoms with van der Waals surface area (Å²) >= 11 is 0. The Hall–Kier alpha value is -2.69. The van der Waals surface area contributed by atoms with Gasteiger partial charge in [0, 0.05) is 24.5 Å². The van der Waals surface area contributed by atoms with Crippen molar-refractivity contribution < 1.29 is 0 Å². The number of nitrogens with zero attached hydrogens (tertiary/aromatic N) is 4. The summed E-state index contributed by atoms with van der Waals surface area (Å²) in [5, 5.41) is 6.86. The van der Waals surface area contributed by atoms with E-state index in [9.17, 15) is 4.91 Å². The zero-order valence-corrected chi connectivity index (χ0v) is 16.4. The predicted octanol–water partition coefficient (Wildman–Crippen LogP) is 4.90. The lowest BCUT2D eigenvalue weighted by Gasteiger charge is -2.27. The molecule has 0 unspecified atom stereocenters. The Bertz CT molecular complexity index is 787. The van der Waals surface area contributed by atoms with Crippen molar-refractivity contribution >= 4 is 17.3 Å². The quantitative estimate of drug-likeness (QED) is 0.584. The summed E-state index contributed by atoms with van der Waals surface area (Å²) in [5.41, 5.74) is 9.42. The number of hydrogen-bond acceptors (Lipinski definition) is 2. The smallest absolute Gasteiger partial charge is 0.234 e. The molecule has 0 atom stereocenters. The molecule has 1 fully saturated rings. The lowest BCUT2D eigenvalue weighted by Crippen LogP contribution is -2.35. The highest BCUT2D eigenvalue weighted by molar-refractivity contribution is 6.10. The molecule has 0 spiro atoms. The summed E-state index contributed by atoms with van der Waals surface area (Å²) < 4.78 is 0. The monoisotopic (exact) mass is 350 g/mol. The first kappa shape index (κ1) is 18.1. The number of benzene rings is 2. The number of aryl methyl sites for hydroxylation is 6. The molecule has 1 saturated heterocycles. The summed E-state index contributed by atoms with van der Waals surface area (Å²) in [5.74, 6) is 0.602. The van der Waals surface area contributed by atoms with Crippen LogP contribution in [0.1, 0.15) is 33.4 Å². The molecule has 1 aliphatic heterocycles. The first-order valence-electron chi connectivity index (χ1n) is 8.94. The summed E-state index contributed by atoms with van der Waals surface area (Å²) in [6.07, 6.45) is 0. The van der Waals surface area contributed by atoms with Gasteiger partial charge in [0.1, 0.15) is 0 Å². The Morgan fingerprint density at radius 1 is 0.692 bits per heavy atom. The van der Waals surface area contributed by atoms with E-state index in [-0.39, 0.29) is 0 Å². The molecule has 0 aromatic heterocycles. The number of anilines is 2. The Labute approximate surface area is 155 Å². The molecule has 0 N–H and O–H groups in total. The van der Waals surface area contributed by atoms with E-state index in [4.69, 9.17) is 0 Å². The second-order valence-corrected chi connectivity index (χ2v) is 7.28. The van der Waals surface area contributed by atoms with Crippen LogP contribution in [-0.4, -0.2) is 19.0 Å². The molecule has 3 rings (SSSR count). The van der Waals surface area contributed by atoms with Crippen LogP contribution < -0.4 is 9.80 Å². The van der Waals surface area contributed by atoms with Crippen LogP contribution in [0.15, 0.2) is 34.7 Å². The zero-order chi connectivity index (χ0) is 19.0. The van der Waals surface area contributed by atoms with E-state index in [1.54, 1.807) is 0 Å². The minimum absolute atomic E-state index is 0.602. The van der Waals surface area contributed by atoms with Crippen molar-refractivity contribution in [3.8, 4) is 0 Å². The molecule has 26 heavy (non-hydrogen) atoms. The van der Waals surface area contributed by atoms with Gasteiger partial charge >= 0.3 is 0 Å². The minimum Gasteiger partial charge on any atom is -0.308 e. The van der Waals surface area contributed by atoms with Crippen molar-refractivity contribution in [1.29, 1.82) is 0 Å². The standard InChI is InChI=1S/C21H26N4O/c1-13-9-15(3)19(16(4)10-13)24-7-8-25(21(24)22-23-26)20-17(5)11-14(2)12-18(20)6/h9-12H,7-8H2,1-6H3. The fourth-order valence-electron chi connectivity index (χ4n) is 4.31. The van der Waals surface area contributed by atoms with Crippen LogP contribution in [0.3, 0.4) is 0 Å². The van der Waals surface area contributed by atoms with Gasteiger partial charge < -0.3 is 9.80 Å². The van der Waals surface area contributed by atoms with E-state index in [1.807, 2.05) is 0 Å². The van der Waals surface area contributed by atoms with E-state index in [1.165, 1.54) is 33.4 Å². The second kappa shape index (κ2) is 6.90. The SMILES string of the molecule is Cc1cc(C)c(N2CCN(c3c(C)cc(C)cc3C)C2=NN=O)c(C)c1. The molecule has 1 aliphatic rings. The predicted molar refractivity (Wildman–Crippen MR) is 109 cm³/mol. The minimum atomic E-state index is 0.602. The Kier molecular flexibility index (Phi) is 4.81. The summed E-state index contributed by atoms with van der Waals surface area (Å²) in [4.78, 5) is 15.3. The molecule has 136 valence electrons. The maximum Gasteiger partial charge on any atom is 0.234 e. The molecule has 2 aromatic rings. The van der Waals surface area contributed by atoms with Crippen LogP contribution in [0.5, 0.6) is 0 Å². The fourth-order valence-corrected chi connectivity index (χ4v) is 4.31. The molecule has 1 heterocycles. The Morgan fingerprint density at radius 3 is 1.35 bits per heavy atom.